The van der Waals surface area contributed by atoms with Crippen LogP contribution in [0.2, 0.25) is 5.02 Å². The Hall–Kier alpha value is -1.15. The second kappa shape index (κ2) is 6.53. The third-order valence-electron chi connectivity index (χ3n) is 2.85. The van der Waals surface area contributed by atoms with Crippen molar-refractivity contribution in [3.05, 3.63) is 28.3 Å². The molecule has 20 heavy (non-hydrogen) atoms. The maximum Gasteiger partial charge on any atom is 0.254 e. The number of nitrogens with two attached hydrogens (primary N) is 1. The number of amides is 1. The molecule has 0 unspecified atom stereocenters. The fourth-order valence-electron chi connectivity index (χ4n) is 1.58. The van der Waals surface area contributed by atoms with E-state index in [1.54, 1.807) is 14.0 Å². The van der Waals surface area contributed by atoms with Crippen LogP contribution in [0.1, 0.15) is 15.9 Å². The van der Waals surface area contributed by atoms with Crippen molar-refractivity contribution in [2.24, 2.45) is 5.14 Å². The zero-order chi connectivity index (χ0) is 15.5. The normalized spacial score (nSPS) is 11.4. The molecular formula is C12H17ClN2O4S. The standard InChI is InChI=1S/C12H17ClN2O4S/c1-8-10(12(16)15(2)4-5-19-3)6-9(7-11(8)13)20(14,17)18/h6-7H,4-5H2,1-3H3,(H2,14,17,18). The molecular weight excluding hydrogens is 304 g/mol. The van der Waals surface area contributed by atoms with Crippen molar-refractivity contribution in [1.82, 2.24) is 4.90 Å². The Bertz CT molecular complexity index is 616. The van der Waals surface area contributed by atoms with Crippen LogP contribution in [0.25, 0.3) is 0 Å². The summed E-state index contributed by atoms with van der Waals surface area (Å²) in [6.45, 7) is 2.41. The Kier molecular flexibility index (Phi) is 5.52. The summed E-state index contributed by atoms with van der Waals surface area (Å²) in [7, 11) is -0.795. The molecule has 1 aromatic carbocycles. The summed E-state index contributed by atoms with van der Waals surface area (Å²) in [5.41, 5.74) is 0.716. The van der Waals surface area contributed by atoms with E-state index < -0.39 is 10.0 Å². The molecule has 0 aromatic heterocycles. The van der Waals surface area contributed by atoms with Gasteiger partial charge in [0.2, 0.25) is 10.0 Å². The topological polar surface area (TPSA) is 89.7 Å². The number of benzene rings is 1. The van der Waals surface area contributed by atoms with Crippen molar-refractivity contribution < 1.29 is 17.9 Å². The molecule has 6 nitrogen and oxygen atoms in total. The van der Waals surface area contributed by atoms with Gasteiger partial charge in [-0.15, -0.1) is 0 Å². The number of hydrogen-bond donors (Lipinski definition) is 1. The minimum absolute atomic E-state index is 0.181. The highest BCUT2D eigenvalue weighted by Gasteiger charge is 2.20. The number of sulfonamides is 1. The Morgan fingerprint density at radius 1 is 1.45 bits per heavy atom. The lowest BCUT2D eigenvalue weighted by Gasteiger charge is -2.18. The van der Waals surface area contributed by atoms with Crippen LogP contribution in [-0.4, -0.2) is 46.5 Å². The minimum atomic E-state index is -3.92. The predicted molar refractivity (Wildman–Crippen MR) is 76.4 cm³/mol. The first-order chi connectivity index (χ1) is 9.18. The molecule has 1 aromatic rings. The van der Waals surface area contributed by atoms with Crippen LogP contribution in [0.15, 0.2) is 17.0 Å². The van der Waals surface area contributed by atoms with Gasteiger partial charge in [-0.1, -0.05) is 11.6 Å². The van der Waals surface area contributed by atoms with Gasteiger partial charge in [0, 0.05) is 31.3 Å². The summed E-state index contributed by atoms with van der Waals surface area (Å²) in [4.78, 5) is 13.5. The number of hydrogen-bond acceptors (Lipinski definition) is 4. The highest BCUT2D eigenvalue weighted by atomic mass is 35.5. The van der Waals surface area contributed by atoms with E-state index in [2.05, 4.69) is 0 Å². The van der Waals surface area contributed by atoms with Gasteiger partial charge in [0.05, 0.1) is 11.5 Å². The molecule has 0 fully saturated rings. The van der Waals surface area contributed by atoms with Crippen molar-refractivity contribution in [2.45, 2.75) is 11.8 Å². The molecule has 0 bridgehead atoms. The second-order valence-electron chi connectivity index (χ2n) is 4.34. The number of carbonyl (C=O) groups excluding carboxylic acids is 1. The summed E-state index contributed by atoms with van der Waals surface area (Å²) in [5.74, 6) is -0.341. The number of ether oxygens (including phenoxy) is 1. The Balaban J connectivity index is 3.24. The van der Waals surface area contributed by atoms with Crippen molar-refractivity contribution >= 4 is 27.5 Å². The monoisotopic (exact) mass is 320 g/mol. The van der Waals surface area contributed by atoms with Gasteiger partial charge in [0.1, 0.15) is 0 Å². The van der Waals surface area contributed by atoms with Crippen LogP contribution in [0.5, 0.6) is 0 Å². The number of methoxy groups -OCH3 is 1. The third-order valence-corrected chi connectivity index (χ3v) is 4.14. The predicted octanol–water partition coefficient (Wildman–Crippen LogP) is 1.01. The molecule has 0 spiro atoms. The average molecular weight is 321 g/mol. The van der Waals surface area contributed by atoms with Crippen LogP contribution in [-0.2, 0) is 14.8 Å². The number of likely N-dealkylation sites (N-methyl/N-ethyl adjacent to an activating group) is 1. The van der Waals surface area contributed by atoms with Gasteiger partial charge in [-0.2, -0.15) is 0 Å². The van der Waals surface area contributed by atoms with Gasteiger partial charge in [0.15, 0.2) is 0 Å². The average Bonchev–Trinajstić information content (AvgIpc) is 2.36. The van der Waals surface area contributed by atoms with E-state index in [-0.39, 0.29) is 21.4 Å². The van der Waals surface area contributed by atoms with Crippen LogP contribution >= 0.6 is 11.6 Å². The summed E-state index contributed by atoms with van der Waals surface area (Å²) in [6.07, 6.45) is 0. The van der Waals surface area contributed by atoms with Crippen molar-refractivity contribution in [3.63, 3.8) is 0 Å². The second-order valence-corrected chi connectivity index (χ2v) is 6.31. The molecule has 1 amide bonds. The molecule has 0 atom stereocenters. The van der Waals surface area contributed by atoms with Gasteiger partial charge in [-0.05, 0) is 24.6 Å². The van der Waals surface area contributed by atoms with E-state index >= 15 is 0 Å². The van der Waals surface area contributed by atoms with Gasteiger partial charge in [0.25, 0.3) is 5.91 Å². The Morgan fingerprint density at radius 2 is 2.05 bits per heavy atom. The largest absolute Gasteiger partial charge is 0.383 e. The van der Waals surface area contributed by atoms with Gasteiger partial charge in [-0.25, -0.2) is 13.6 Å². The van der Waals surface area contributed by atoms with E-state index in [1.165, 1.54) is 24.1 Å². The molecule has 112 valence electrons. The quantitative estimate of drug-likeness (QED) is 0.877. The lowest BCUT2D eigenvalue weighted by atomic mass is 10.1. The summed E-state index contributed by atoms with van der Waals surface area (Å²) >= 11 is 5.96. The summed E-state index contributed by atoms with van der Waals surface area (Å²) in [6, 6.07) is 2.47. The van der Waals surface area contributed by atoms with Crippen molar-refractivity contribution in [2.75, 3.05) is 27.3 Å². The first-order valence-corrected chi connectivity index (χ1v) is 7.68. The number of carbonyl (C=O) groups is 1. The lowest BCUT2D eigenvalue weighted by Crippen LogP contribution is -2.30. The third kappa shape index (κ3) is 3.92. The fraction of sp³-hybridized carbons (Fsp3) is 0.417. The molecule has 0 heterocycles. The van der Waals surface area contributed by atoms with Gasteiger partial charge < -0.3 is 9.64 Å². The van der Waals surface area contributed by atoms with E-state index in [1.807, 2.05) is 0 Å². The summed E-state index contributed by atoms with van der Waals surface area (Å²) < 4.78 is 27.7. The van der Waals surface area contributed by atoms with E-state index in [9.17, 15) is 13.2 Å². The van der Waals surface area contributed by atoms with Crippen molar-refractivity contribution in [1.29, 1.82) is 0 Å². The Labute approximate surface area is 123 Å². The molecule has 0 saturated heterocycles. The van der Waals surface area contributed by atoms with Crippen LogP contribution in [0.4, 0.5) is 0 Å². The summed E-state index contributed by atoms with van der Waals surface area (Å²) in [5, 5.41) is 5.25. The van der Waals surface area contributed by atoms with E-state index in [0.717, 1.165) is 0 Å². The molecule has 2 N–H and O–H groups in total. The number of halogens is 1. The smallest absolute Gasteiger partial charge is 0.254 e. The number of primary sulfonamides is 1. The number of nitrogens with zero attached hydrogens (tertiary/aromatic N) is 1. The maximum absolute atomic E-state index is 12.3. The zero-order valence-corrected chi connectivity index (χ0v) is 13.1. The van der Waals surface area contributed by atoms with E-state index in [4.69, 9.17) is 21.5 Å². The highest BCUT2D eigenvalue weighted by molar-refractivity contribution is 7.89. The Morgan fingerprint density at radius 3 is 2.55 bits per heavy atom. The molecule has 8 heteroatoms. The zero-order valence-electron chi connectivity index (χ0n) is 11.5. The van der Waals surface area contributed by atoms with E-state index in [0.29, 0.717) is 18.7 Å². The van der Waals surface area contributed by atoms with Crippen LogP contribution < -0.4 is 5.14 Å². The molecule has 0 aliphatic carbocycles. The molecule has 0 aliphatic rings. The van der Waals surface area contributed by atoms with Crippen LogP contribution in [0.3, 0.4) is 0 Å². The fourth-order valence-corrected chi connectivity index (χ4v) is 2.42. The molecule has 0 aliphatic heterocycles. The SMILES string of the molecule is COCCN(C)C(=O)c1cc(S(N)(=O)=O)cc(Cl)c1C. The van der Waals surface area contributed by atoms with Crippen molar-refractivity contribution in [3.8, 4) is 0 Å². The first-order valence-electron chi connectivity index (χ1n) is 5.75. The molecule has 0 saturated carbocycles. The van der Waals surface area contributed by atoms with Gasteiger partial charge >= 0.3 is 0 Å². The maximum atomic E-state index is 12.3. The highest BCUT2D eigenvalue weighted by Crippen LogP contribution is 2.24. The van der Waals surface area contributed by atoms with Crippen LogP contribution in [0, 0.1) is 6.92 Å². The lowest BCUT2D eigenvalue weighted by molar-refractivity contribution is 0.0743. The first kappa shape index (κ1) is 16.9. The molecule has 0 radical (unpaired) electrons. The minimum Gasteiger partial charge on any atom is -0.383 e. The van der Waals surface area contributed by atoms with Gasteiger partial charge in [-0.3, -0.25) is 4.79 Å². The number of rotatable bonds is 5. The molecule has 1 rings (SSSR count).